The van der Waals surface area contributed by atoms with Crippen LogP contribution in [0.4, 0.5) is 0 Å². The summed E-state index contributed by atoms with van der Waals surface area (Å²) in [5, 5.41) is 9.00. The molecule has 20 heavy (non-hydrogen) atoms. The van der Waals surface area contributed by atoms with Crippen LogP contribution in [0.1, 0.15) is 44.9 Å². The van der Waals surface area contributed by atoms with Crippen molar-refractivity contribution in [3.8, 4) is 0 Å². The number of carbonyl (C=O) groups excluding carboxylic acids is 2. The first-order valence-electron chi connectivity index (χ1n) is 7.53. The Morgan fingerprint density at radius 1 is 1.00 bits per heavy atom. The van der Waals surface area contributed by atoms with E-state index in [1.807, 2.05) is 0 Å². The summed E-state index contributed by atoms with van der Waals surface area (Å²) < 4.78 is 0. The van der Waals surface area contributed by atoms with Gasteiger partial charge in [0.05, 0.1) is 6.54 Å². The maximum Gasteiger partial charge on any atom is 0.239 e. The van der Waals surface area contributed by atoms with Gasteiger partial charge in [-0.3, -0.25) is 9.59 Å². The number of piperidine rings is 1. The zero-order valence-corrected chi connectivity index (χ0v) is 12.8. The number of rotatable bonds is 4. The van der Waals surface area contributed by atoms with Crippen molar-refractivity contribution in [2.24, 2.45) is 5.92 Å². The molecule has 116 valence electrons. The fourth-order valence-corrected chi connectivity index (χ4v) is 2.92. The molecule has 6 heteroatoms. The molecule has 0 spiro atoms. The lowest BCUT2D eigenvalue weighted by Crippen LogP contribution is -2.45. The molecular formula is C14H26ClN3O2. The van der Waals surface area contributed by atoms with Crippen LogP contribution in [0.15, 0.2) is 0 Å². The zero-order valence-electron chi connectivity index (χ0n) is 12.0. The molecule has 0 aromatic rings. The average molecular weight is 304 g/mol. The molecule has 1 heterocycles. The van der Waals surface area contributed by atoms with Crippen LogP contribution in [0, 0.1) is 5.92 Å². The Labute approximate surface area is 127 Å². The largest absolute Gasteiger partial charge is 0.352 e. The molecule has 2 rings (SSSR count). The predicted octanol–water partition coefficient (Wildman–Crippen LogP) is 0.973. The third-order valence-corrected chi connectivity index (χ3v) is 4.10. The van der Waals surface area contributed by atoms with Crippen molar-refractivity contribution < 1.29 is 9.59 Å². The highest BCUT2D eigenvalue weighted by Gasteiger charge is 2.21. The van der Waals surface area contributed by atoms with Crippen LogP contribution in [0.3, 0.4) is 0 Å². The summed E-state index contributed by atoms with van der Waals surface area (Å²) in [5.41, 5.74) is 0. The average Bonchev–Trinajstić information content (AvgIpc) is 2.47. The van der Waals surface area contributed by atoms with Crippen LogP contribution in [-0.4, -0.2) is 37.5 Å². The van der Waals surface area contributed by atoms with Gasteiger partial charge in [-0.1, -0.05) is 19.3 Å². The van der Waals surface area contributed by atoms with Crippen LogP contribution in [0.2, 0.25) is 0 Å². The number of hydrogen-bond donors (Lipinski definition) is 3. The maximum atomic E-state index is 11.9. The minimum Gasteiger partial charge on any atom is -0.352 e. The number of amides is 2. The topological polar surface area (TPSA) is 70.2 Å². The van der Waals surface area contributed by atoms with E-state index in [4.69, 9.17) is 0 Å². The Kier molecular flexibility index (Phi) is 7.92. The molecule has 1 saturated heterocycles. The second kappa shape index (κ2) is 9.19. The summed E-state index contributed by atoms with van der Waals surface area (Å²) in [6.07, 6.45) is 7.58. The monoisotopic (exact) mass is 303 g/mol. The van der Waals surface area contributed by atoms with E-state index < -0.39 is 0 Å². The Morgan fingerprint density at radius 2 is 1.65 bits per heavy atom. The Hall–Kier alpha value is -0.810. The van der Waals surface area contributed by atoms with Gasteiger partial charge in [-0.2, -0.15) is 0 Å². The summed E-state index contributed by atoms with van der Waals surface area (Å²) in [7, 11) is 0. The summed E-state index contributed by atoms with van der Waals surface area (Å²) in [5.74, 6) is 0.0539. The molecular weight excluding hydrogens is 278 g/mol. The molecule has 1 aliphatic heterocycles. The number of nitrogens with one attached hydrogen (secondary N) is 3. The normalized spacial score (nSPS) is 20.8. The van der Waals surface area contributed by atoms with E-state index in [0.29, 0.717) is 6.04 Å². The molecule has 2 fully saturated rings. The molecule has 0 unspecified atom stereocenters. The van der Waals surface area contributed by atoms with Gasteiger partial charge in [0, 0.05) is 12.0 Å². The van der Waals surface area contributed by atoms with Gasteiger partial charge < -0.3 is 16.0 Å². The fourth-order valence-electron chi connectivity index (χ4n) is 2.92. The molecule has 5 nitrogen and oxygen atoms in total. The molecule has 1 aliphatic carbocycles. The molecule has 0 bridgehead atoms. The lowest BCUT2D eigenvalue weighted by molar-refractivity contribution is -0.129. The van der Waals surface area contributed by atoms with Gasteiger partial charge in [0.15, 0.2) is 0 Å². The lowest BCUT2D eigenvalue weighted by Gasteiger charge is -2.24. The van der Waals surface area contributed by atoms with E-state index in [0.717, 1.165) is 38.8 Å². The van der Waals surface area contributed by atoms with Crippen LogP contribution >= 0.6 is 12.4 Å². The van der Waals surface area contributed by atoms with Gasteiger partial charge in [-0.05, 0) is 38.8 Å². The second-order valence-corrected chi connectivity index (χ2v) is 5.64. The molecule has 0 atom stereocenters. The molecule has 2 aliphatic rings. The first-order chi connectivity index (χ1) is 9.25. The predicted molar refractivity (Wildman–Crippen MR) is 80.9 cm³/mol. The quantitative estimate of drug-likeness (QED) is 0.725. The minimum absolute atomic E-state index is 0. The summed E-state index contributed by atoms with van der Waals surface area (Å²) in [4.78, 5) is 23.6. The van der Waals surface area contributed by atoms with Crippen LogP contribution < -0.4 is 16.0 Å². The summed E-state index contributed by atoms with van der Waals surface area (Å²) in [6.45, 7) is 1.91. The van der Waals surface area contributed by atoms with Crippen molar-refractivity contribution in [2.45, 2.75) is 51.0 Å². The smallest absolute Gasteiger partial charge is 0.239 e. The Balaban J connectivity index is 0.00000200. The summed E-state index contributed by atoms with van der Waals surface area (Å²) in [6, 6.07) is 0.317. The highest BCUT2D eigenvalue weighted by atomic mass is 35.5. The maximum absolute atomic E-state index is 11.9. The highest BCUT2D eigenvalue weighted by molar-refractivity contribution is 5.86. The second-order valence-electron chi connectivity index (χ2n) is 5.64. The van der Waals surface area contributed by atoms with Crippen LogP contribution in [0.5, 0.6) is 0 Å². The third-order valence-electron chi connectivity index (χ3n) is 4.10. The number of carbonyl (C=O) groups is 2. The van der Waals surface area contributed by atoms with E-state index in [1.165, 1.54) is 19.3 Å². The Morgan fingerprint density at radius 3 is 2.30 bits per heavy atom. The summed E-state index contributed by atoms with van der Waals surface area (Å²) >= 11 is 0. The molecule has 3 N–H and O–H groups in total. The van der Waals surface area contributed by atoms with Gasteiger partial charge in [0.1, 0.15) is 0 Å². The van der Waals surface area contributed by atoms with Gasteiger partial charge in [0.2, 0.25) is 11.8 Å². The van der Waals surface area contributed by atoms with Crippen molar-refractivity contribution in [3.63, 3.8) is 0 Å². The van der Waals surface area contributed by atoms with Crippen molar-refractivity contribution >= 4 is 24.2 Å². The first kappa shape index (κ1) is 17.2. The SMILES string of the molecule is Cl.O=C(CNC(=O)C1CCNCC1)NC1CCCCC1. The zero-order chi connectivity index (χ0) is 13.5. The van der Waals surface area contributed by atoms with Crippen LogP contribution in [0.25, 0.3) is 0 Å². The molecule has 1 saturated carbocycles. The van der Waals surface area contributed by atoms with E-state index in [9.17, 15) is 9.59 Å². The molecule has 2 amide bonds. The van der Waals surface area contributed by atoms with Crippen molar-refractivity contribution in [3.05, 3.63) is 0 Å². The number of hydrogen-bond acceptors (Lipinski definition) is 3. The molecule has 0 aromatic heterocycles. The Bertz CT molecular complexity index is 314. The lowest BCUT2D eigenvalue weighted by atomic mass is 9.95. The molecule has 0 aromatic carbocycles. The van der Waals surface area contributed by atoms with E-state index >= 15 is 0 Å². The fraction of sp³-hybridized carbons (Fsp3) is 0.857. The standard InChI is InChI=1S/C14H25N3O2.ClH/c18-13(17-12-4-2-1-3-5-12)10-16-14(19)11-6-8-15-9-7-11;/h11-12,15H,1-10H2,(H,16,19)(H,17,18);1H. The van der Waals surface area contributed by atoms with Gasteiger partial charge in [-0.15, -0.1) is 12.4 Å². The third kappa shape index (κ3) is 5.67. The van der Waals surface area contributed by atoms with Crippen molar-refractivity contribution in [2.75, 3.05) is 19.6 Å². The molecule has 0 radical (unpaired) electrons. The van der Waals surface area contributed by atoms with E-state index in [-0.39, 0.29) is 36.7 Å². The highest BCUT2D eigenvalue weighted by Crippen LogP contribution is 2.17. The van der Waals surface area contributed by atoms with Crippen molar-refractivity contribution in [1.29, 1.82) is 0 Å². The van der Waals surface area contributed by atoms with Gasteiger partial charge in [-0.25, -0.2) is 0 Å². The van der Waals surface area contributed by atoms with Gasteiger partial charge >= 0.3 is 0 Å². The minimum atomic E-state index is -0.0471. The number of halogens is 1. The van der Waals surface area contributed by atoms with Crippen molar-refractivity contribution in [1.82, 2.24) is 16.0 Å². The van der Waals surface area contributed by atoms with Gasteiger partial charge in [0.25, 0.3) is 0 Å². The first-order valence-corrected chi connectivity index (χ1v) is 7.53. The van der Waals surface area contributed by atoms with E-state index in [2.05, 4.69) is 16.0 Å². The van der Waals surface area contributed by atoms with E-state index in [1.54, 1.807) is 0 Å². The van der Waals surface area contributed by atoms with Crippen LogP contribution in [-0.2, 0) is 9.59 Å².